The van der Waals surface area contributed by atoms with Crippen LogP contribution >= 0.6 is 11.3 Å². The molecule has 1 unspecified atom stereocenters. The number of methoxy groups -OCH3 is 1. The molecule has 0 saturated heterocycles. The third kappa shape index (κ3) is 2.90. The van der Waals surface area contributed by atoms with Crippen molar-refractivity contribution in [1.82, 2.24) is 20.2 Å². The van der Waals surface area contributed by atoms with Crippen LogP contribution in [0.5, 0.6) is 5.75 Å². The zero-order valence-electron chi connectivity index (χ0n) is 10.6. The average Bonchev–Trinajstić information content (AvgIpc) is 3.03. The summed E-state index contributed by atoms with van der Waals surface area (Å²) in [5, 5.41) is 22.3. The normalized spacial score (nSPS) is 12.3. The molecule has 0 fully saturated rings. The van der Waals surface area contributed by atoms with E-state index in [1.54, 1.807) is 18.7 Å². The molecule has 19 heavy (non-hydrogen) atoms. The molecule has 0 radical (unpaired) electrons. The summed E-state index contributed by atoms with van der Waals surface area (Å²) in [6.07, 6.45) is 0.473. The van der Waals surface area contributed by atoms with E-state index in [-0.39, 0.29) is 0 Å². The van der Waals surface area contributed by atoms with Crippen LogP contribution in [0.4, 0.5) is 0 Å². The van der Waals surface area contributed by atoms with E-state index < -0.39 is 11.9 Å². The highest BCUT2D eigenvalue weighted by Crippen LogP contribution is 2.33. The molecule has 2 aromatic rings. The Kier molecular flexibility index (Phi) is 4.10. The first kappa shape index (κ1) is 13.5. The second-order valence-corrected chi connectivity index (χ2v) is 4.99. The van der Waals surface area contributed by atoms with Gasteiger partial charge in [-0.05, 0) is 28.3 Å². The number of aryl methyl sites for hydroxylation is 1. The van der Waals surface area contributed by atoms with Gasteiger partial charge in [0.25, 0.3) is 0 Å². The molecule has 8 heteroatoms. The van der Waals surface area contributed by atoms with Gasteiger partial charge in [0.1, 0.15) is 10.6 Å². The number of aliphatic carboxylic acids is 1. The summed E-state index contributed by atoms with van der Waals surface area (Å²) >= 11 is 1.48. The van der Waals surface area contributed by atoms with E-state index in [1.165, 1.54) is 11.3 Å². The Balaban J connectivity index is 2.16. The first-order chi connectivity index (χ1) is 9.13. The van der Waals surface area contributed by atoms with Crippen molar-refractivity contribution in [1.29, 1.82) is 0 Å². The second-order valence-electron chi connectivity index (χ2n) is 4.07. The van der Waals surface area contributed by atoms with Crippen LogP contribution in [-0.2, 0) is 11.3 Å². The first-order valence-corrected chi connectivity index (χ1v) is 6.62. The number of carboxylic acid groups (broad SMARTS) is 1. The molecule has 0 saturated carbocycles. The molecular formula is C11H14N4O3S. The predicted molar refractivity (Wildman–Crippen MR) is 69.1 cm³/mol. The molecule has 2 heterocycles. The number of carboxylic acids is 1. The Morgan fingerprint density at radius 3 is 3.11 bits per heavy atom. The van der Waals surface area contributed by atoms with Crippen LogP contribution in [-0.4, -0.2) is 38.4 Å². The van der Waals surface area contributed by atoms with Crippen molar-refractivity contribution in [3.8, 4) is 16.5 Å². The number of ether oxygens (including phenoxy) is 1. The summed E-state index contributed by atoms with van der Waals surface area (Å²) in [6, 6.07) is 1.85. The molecule has 7 nitrogen and oxygen atoms in total. The van der Waals surface area contributed by atoms with Crippen molar-refractivity contribution >= 4 is 17.3 Å². The van der Waals surface area contributed by atoms with Crippen molar-refractivity contribution in [2.75, 3.05) is 7.11 Å². The Bertz CT molecular complexity index is 566. The fraction of sp³-hybridized carbons (Fsp3) is 0.455. The molecule has 0 spiro atoms. The van der Waals surface area contributed by atoms with Gasteiger partial charge in [0.05, 0.1) is 13.0 Å². The van der Waals surface area contributed by atoms with E-state index in [4.69, 9.17) is 9.84 Å². The van der Waals surface area contributed by atoms with Crippen LogP contribution in [0.3, 0.4) is 0 Å². The molecule has 0 aliphatic heterocycles. The van der Waals surface area contributed by atoms with Gasteiger partial charge in [0.2, 0.25) is 0 Å². The van der Waals surface area contributed by atoms with Gasteiger partial charge in [-0.3, -0.25) is 4.79 Å². The van der Waals surface area contributed by atoms with Crippen molar-refractivity contribution < 1.29 is 14.6 Å². The van der Waals surface area contributed by atoms with E-state index in [1.807, 2.05) is 11.4 Å². The highest BCUT2D eigenvalue weighted by Gasteiger charge is 2.17. The maximum Gasteiger partial charge on any atom is 0.306 e. The molecule has 0 aromatic carbocycles. The molecule has 2 rings (SSSR count). The number of hydrogen-bond donors (Lipinski definition) is 1. The number of thiophene rings is 1. The number of hydrogen-bond acceptors (Lipinski definition) is 6. The lowest BCUT2D eigenvalue weighted by molar-refractivity contribution is -0.141. The zero-order chi connectivity index (χ0) is 13.8. The summed E-state index contributed by atoms with van der Waals surface area (Å²) in [5.41, 5.74) is 0. The average molecular weight is 282 g/mol. The molecule has 0 bridgehead atoms. The van der Waals surface area contributed by atoms with Gasteiger partial charge in [-0.25, -0.2) is 4.68 Å². The van der Waals surface area contributed by atoms with Gasteiger partial charge >= 0.3 is 5.97 Å². The quantitative estimate of drug-likeness (QED) is 0.864. The largest absolute Gasteiger partial charge is 0.495 e. The minimum absolute atomic E-state index is 0.428. The number of carbonyl (C=O) groups is 1. The standard InChI is InChI=1S/C11H14N4O3S/c1-7(11(16)17)3-5-15-10(12-13-14-15)9-8(18-2)4-6-19-9/h4,6-7H,3,5H2,1-2H3,(H,16,17). The molecule has 102 valence electrons. The Morgan fingerprint density at radius 1 is 1.63 bits per heavy atom. The number of nitrogens with zero attached hydrogens (tertiary/aromatic N) is 4. The Morgan fingerprint density at radius 2 is 2.42 bits per heavy atom. The van der Waals surface area contributed by atoms with E-state index in [2.05, 4.69) is 15.5 Å². The highest BCUT2D eigenvalue weighted by molar-refractivity contribution is 7.13. The SMILES string of the molecule is COc1ccsc1-c1nnnn1CCC(C)C(=O)O. The maximum absolute atomic E-state index is 10.8. The molecule has 1 N–H and O–H groups in total. The minimum atomic E-state index is -0.816. The lowest BCUT2D eigenvalue weighted by Gasteiger charge is -2.07. The van der Waals surface area contributed by atoms with Crippen molar-refractivity contribution in [2.24, 2.45) is 5.92 Å². The molecule has 1 atom stereocenters. The van der Waals surface area contributed by atoms with Gasteiger partial charge in [0.15, 0.2) is 5.82 Å². The van der Waals surface area contributed by atoms with Gasteiger partial charge < -0.3 is 9.84 Å². The summed E-state index contributed by atoms with van der Waals surface area (Å²) in [7, 11) is 1.59. The van der Waals surface area contributed by atoms with E-state index in [9.17, 15) is 4.79 Å². The van der Waals surface area contributed by atoms with Crippen LogP contribution in [0.25, 0.3) is 10.7 Å². The van der Waals surface area contributed by atoms with Crippen molar-refractivity contribution in [3.05, 3.63) is 11.4 Å². The topological polar surface area (TPSA) is 90.1 Å². The third-order valence-electron chi connectivity index (χ3n) is 2.78. The first-order valence-electron chi connectivity index (χ1n) is 5.74. The number of tetrazole rings is 1. The summed E-state index contributed by atoms with van der Waals surface area (Å²) in [6.45, 7) is 2.12. The number of aromatic nitrogens is 4. The van der Waals surface area contributed by atoms with Crippen LogP contribution < -0.4 is 4.74 Å². The Hall–Kier alpha value is -1.96. The predicted octanol–water partition coefficient (Wildman–Crippen LogP) is 1.52. The third-order valence-corrected chi connectivity index (χ3v) is 3.67. The lowest BCUT2D eigenvalue weighted by Crippen LogP contribution is -2.13. The Labute approximate surface area is 113 Å². The second kappa shape index (κ2) is 5.79. The van der Waals surface area contributed by atoms with Gasteiger partial charge in [-0.1, -0.05) is 6.92 Å². The number of rotatable bonds is 6. The van der Waals surface area contributed by atoms with Crippen LogP contribution in [0, 0.1) is 5.92 Å². The van der Waals surface area contributed by atoms with Gasteiger partial charge in [0, 0.05) is 6.54 Å². The lowest BCUT2D eigenvalue weighted by atomic mass is 10.1. The fourth-order valence-corrected chi connectivity index (χ4v) is 2.43. The summed E-state index contributed by atoms with van der Waals surface area (Å²) in [4.78, 5) is 11.6. The molecule has 0 aliphatic rings. The zero-order valence-corrected chi connectivity index (χ0v) is 11.4. The van der Waals surface area contributed by atoms with Gasteiger partial charge in [-0.15, -0.1) is 16.4 Å². The van der Waals surface area contributed by atoms with Crippen molar-refractivity contribution in [3.63, 3.8) is 0 Å². The molecule has 2 aromatic heterocycles. The molecular weight excluding hydrogens is 268 g/mol. The van der Waals surface area contributed by atoms with E-state index >= 15 is 0 Å². The van der Waals surface area contributed by atoms with Crippen LogP contribution in [0.2, 0.25) is 0 Å². The smallest absolute Gasteiger partial charge is 0.306 e. The van der Waals surface area contributed by atoms with Gasteiger partial charge in [-0.2, -0.15) is 0 Å². The van der Waals surface area contributed by atoms with E-state index in [0.717, 1.165) is 4.88 Å². The molecule has 0 aliphatic carbocycles. The fourth-order valence-electron chi connectivity index (χ4n) is 1.58. The van der Waals surface area contributed by atoms with Crippen LogP contribution in [0.15, 0.2) is 11.4 Å². The van der Waals surface area contributed by atoms with Crippen LogP contribution in [0.1, 0.15) is 13.3 Å². The summed E-state index contributed by atoms with van der Waals surface area (Å²) < 4.78 is 6.84. The maximum atomic E-state index is 10.8. The minimum Gasteiger partial charge on any atom is -0.495 e. The monoisotopic (exact) mass is 282 g/mol. The molecule has 0 amide bonds. The highest BCUT2D eigenvalue weighted by atomic mass is 32.1. The van der Waals surface area contributed by atoms with Crippen molar-refractivity contribution in [2.45, 2.75) is 19.9 Å². The van der Waals surface area contributed by atoms with E-state index in [0.29, 0.717) is 24.5 Å². The summed E-state index contributed by atoms with van der Waals surface area (Å²) in [5.74, 6) is 0.0716.